The van der Waals surface area contributed by atoms with E-state index in [4.69, 9.17) is 41.7 Å². The summed E-state index contributed by atoms with van der Waals surface area (Å²) in [5, 5.41) is 56.1. The second-order valence-corrected chi connectivity index (χ2v) is 26.4. The topological polar surface area (TPSA) is 495 Å². The maximum Gasteiger partial charge on any atom is 0.277 e. The average molecular weight is 1610 g/mol. The van der Waals surface area contributed by atoms with E-state index in [1.165, 1.54) is 31.5 Å². The Morgan fingerprint density at radius 3 is 1.09 bits per heavy atom. The number of nitrogens with one attached hydrogen (secondary N) is 8. The summed E-state index contributed by atoms with van der Waals surface area (Å²) in [6, 6.07) is 22.8. The number of methoxy groups -OCH3 is 1. The van der Waals surface area contributed by atoms with Crippen molar-refractivity contribution in [2.75, 3.05) is 68.0 Å². The molecule has 4 amide bonds. The molecule has 0 aliphatic heterocycles. The van der Waals surface area contributed by atoms with Gasteiger partial charge in [0.15, 0.2) is 22.8 Å². The molecule has 0 unspecified atom stereocenters. The first kappa shape index (κ1) is 79.1. The maximum absolute atomic E-state index is 12.8. The van der Waals surface area contributed by atoms with Crippen molar-refractivity contribution in [3.05, 3.63) is 220 Å². The summed E-state index contributed by atoms with van der Waals surface area (Å²) in [4.78, 5) is 85.4. The Balaban J connectivity index is 0.000000124. The van der Waals surface area contributed by atoms with E-state index in [0.717, 1.165) is 25.7 Å². The van der Waals surface area contributed by atoms with Gasteiger partial charge in [-0.3, -0.25) is 78.2 Å². The van der Waals surface area contributed by atoms with Crippen molar-refractivity contribution in [3.8, 4) is 91.4 Å². The van der Waals surface area contributed by atoms with Crippen molar-refractivity contribution in [1.29, 1.82) is 0 Å². The number of hydrogen-bond acceptors (Lipinski definition) is 28. The van der Waals surface area contributed by atoms with Gasteiger partial charge in [-0.1, -0.05) is 24.3 Å². The van der Waals surface area contributed by atoms with Crippen LogP contribution in [0.2, 0.25) is 0 Å². The summed E-state index contributed by atoms with van der Waals surface area (Å²) in [5.41, 5.74) is 10.5. The van der Waals surface area contributed by atoms with Crippen LogP contribution in [-0.4, -0.2) is 196 Å². The largest absolute Gasteiger partial charge is 0.444 e. The van der Waals surface area contributed by atoms with Gasteiger partial charge >= 0.3 is 0 Å². The zero-order valence-electron chi connectivity index (χ0n) is 64.2. The lowest BCUT2D eigenvalue weighted by Gasteiger charge is -2.34. The Morgan fingerprint density at radius 2 is 0.782 bits per heavy atom. The SMILES string of the molecule is CCOC1CC(n2cc(NC(=O)c3coc(-c4cn[nH]c4)n3)c(-c3ccccn3)n2)C1.CCOCCn1cc(NC(=O)c2coc(-c3cn[nH]c3)n2)c(-c2ccccn2)n1.COCCOCCn1cc(NC(=O)c2coc(-c3cn[nH]c3)n2)c(-c2ccccn2)n1.O=C(Nc1cn(C2CCC2)nc1-c1ccccn1)c1coc(-c2cn[nH]c2)n1. The van der Waals surface area contributed by atoms with E-state index in [2.05, 4.69) is 117 Å². The molecule has 2 aliphatic rings. The highest BCUT2D eigenvalue weighted by molar-refractivity contribution is 6.07. The normalized spacial score (nSPS) is 13.5. The Bertz CT molecular complexity index is 5870. The molecule has 119 heavy (non-hydrogen) atoms. The van der Waals surface area contributed by atoms with Gasteiger partial charge in [-0.15, -0.1) is 0 Å². The van der Waals surface area contributed by atoms with Crippen LogP contribution in [0.4, 0.5) is 22.7 Å². The fourth-order valence-corrected chi connectivity index (χ4v) is 12.1. The molecule has 8 N–H and O–H groups in total. The Labute approximate surface area is 675 Å². The summed E-state index contributed by atoms with van der Waals surface area (Å²) in [6.45, 7) is 8.32. The molecule has 40 heteroatoms. The number of carbonyl (C=O) groups excluding carboxylic acids is 4. The predicted octanol–water partition coefficient (Wildman–Crippen LogP) is 11.5. The van der Waals surface area contributed by atoms with Crippen molar-refractivity contribution in [1.82, 2.24) is 120 Å². The van der Waals surface area contributed by atoms with Gasteiger partial charge in [-0.05, 0) is 94.5 Å². The molecule has 2 saturated carbocycles. The highest BCUT2D eigenvalue weighted by Gasteiger charge is 2.34. The zero-order valence-corrected chi connectivity index (χ0v) is 64.2. The third-order valence-corrected chi connectivity index (χ3v) is 18.4. The van der Waals surface area contributed by atoms with E-state index in [0.29, 0.717) is 173 Å². The second kappa shape index (κ2) is 38.3. The molecule has 16 aromatic heterocycles. The number of oxazole rings is 4. The summed E-state index contributed by atoms with van der Waals surface area (Å²) in [6.07, 6.45) is 37.4. The van der Waals surface area contributed by atoms with Crippen LogP contribution in [0.3, 0.4) is 0 Å². The van der Waals surface area contributed by atoms with Crippen LogP contribution >= 0.6 is 0 Å². The van der Waals surface area contributed by atoms with Crippen molar-refractivity contribution in [2.24, 2.45) is 0 Å². The molecule has 16 aromatic rings. The van der Waals surface area contributed by atoms with Crippen LogP contribution in [-0.2, 0) is 32.0 Å². The first-order valence-electron chi connectivity index (χ1n) is 37.8. The highest BCUT2D eigenvalue weighted by Crippen LogP contribution is 2.39. The third kappa shape index (κ3) is 19.8. The highest BCUT2D eigenvalue weighted by atomic mass is 16.5. The van der Waals surface area contributed by atoms with Crippen LogP contribution in [0.15, 0.2) is 215 Å². The minimum Gasteiger partial charge on any atom is -0.444 e. The molecule has 0 spiro atoms. The number of pyridine rings is 4. The van der Waals surface area contributed by atoms with Crippen molar-refractivity contribution >= 4 is 46.4 Å². The molecule has 18 rings (SSSR count). The standard InChI is InChI=1S/C21H21N7O3.C20H21N7O4.C19H19N7O3.C19H17N7O2/c1-2-30-15-7-14(8-15)28-11-17(19(27-28)16-5-3-4-6-22-16)25-20(29)18-12-31-21(26-18)13-9-23-24-10-13;1-29-8-9-30-7-6-27-12-16(18(26-27)15-4-2-3-5-21-15)24-19(28)17-13-31-20(25-17)14-10-22-23-11-14;1-2-28-8-7-26-11-15(17(25-26)14-5-3-4-6-20-14)23-18(27)16-12-29-19(24-16)13-9-21-22-10-13;27-18(16-11-28-19(24-16)12-8-21-22-9-12)23-15-10-26(13-4-3-5-13)25-17(15)14-6-1-2-7-20-14/h3-6,9-12,14-15H,2,7-8H2,1H3,(H,23,24)(H,25,29);2-5,10-13H,6-9H2,1H3,(H,22,23)(H,24,28);3-6,9-12H,2,7-8H2,1H3,(H,21,22)(H,23,27);1-2,6-11,13H,3-5H2,(H,21,22)(H,23,27). The molecule has 0 atom stereocenters. The third-order valence-electron chi connectivity index (χ3n) is 18.4. The molecule has 0 aromatic carbocycles. The van der Waals surface area contributed by atoms with Crippen molar-refractivity contribution in [3.63, 3.8) is 0 Å². The molecule has 0 saturated heterocycles. The monoisotopic (exact) mass is 1610 g/mol. The number of carbonyl (C=O) groups is 4. The van der Waals surface area contributed by atoms with Gasteiger partial charge in [0.05, 0.1) is 150 Å². The zero-order chi connectivity index (χ0) is 81.7. The number of nitrogens with zero attached hydrogens (tertiary/aromatic N) is 20. The molecule has 0 bridgehead atoms. The van der Waals surface area contributed by atoms with Crippen LogP contribution in [0.25, 0.3) is 91.4 Å². The number of aromatic amines is 4. The van der Waals surface area contributed by atoms with E-state index in [1.807, 2.05) is 108 Å². The van der Waals surface area contributed by atoms with E-state index in [1.54, 1.807) is 103 Å². The molecule has 2 fully saturated rings. The first-order valence-corrected chi connectivity index (χ1v) is 37.8. The van der Waals surface area contributed by atoms with Crippen LogP contribution in [0.1, 0.15) is 100.0 Å². The van der Waals surface area contributed by atoms with E-state index >= 15 is 0 Å². The molecule has 0 radical (unpaired) electrons. The lowest BCUT2D eigenvalue weighted by molar-refractivity contribution is -0.0226. The van der Waals surface area contributed by atoms with E-state index < -0.39 is 17.7 Å². The van der Waals surface area contributed by atoms with Crippen molar-refractivity contribution < 1.29 is 55.8 Å². The van der Waals surface area contributed by atoms with Gasteiger partial charge in [0.2, 0.25) is 23.6 Å². The minimum absolute atomic E-state index is 0.138. The number of hydrogen-bond donors (Lipinski definition) is 8. The van der Waals surface area contributed by atoms with E-state index in [9.17, 15) is 19.2 Å². The second-order valence-electron chi connectivity index (χ2n) is 26.4. The van der Waals surface area contributed by atoms with Gasteiger partial charge in [-0.2, -0.15) is 40.8 Å². The fourth-order valence-electron chi connectivity index (χ4n) is 12.1. The molecule has 40 nitrogen and oxygen atoms in total. The molecule has 606 valence electrons. The summed E-state index contributed by atoms with van der Waals surface area (Å²) >= 11 is 0. The Morgan fingerprint density at radius 1 is 0.429 bits per heavy atom. The fraction of sp³-hybridized carbons (Fsp3) is 0.241. The summed E-state index contributed by atoms with van der Waals surface area (Å²) < 4.78 is 50.3. The predicted molar refractivity (Wildman–Crippen MR) is 426 cm³/mol. The number of ether oxygens (including phenoxy) is 4. The molecule has 16 heterocycles. The number of amides is 4. The number of rotatable bonds is 30. The van der Waals surface area contributed by atoms with Gasteiger partial charge in [0.25, 0.3) is 23.6 Å². The summed E-state index contributed by atoms with van der Waals surface area (Å²) in [7, 11) is 1.62. The Hall–Kier alpha value is -15.2. The van der Waals surface area contributed by atoms with Crippen molar-refractivity contribution in [2.45, 2.75) is 77.2 Å². The molecule has 2 aliphatic carbocycles. The van der Waals surface area contributed by atoms with Gasteiger partial charge in [0, 0.05) is 94.7 Å². The maximum atomic E-state index is 12.8. The van der Waals surface area contributed by atoms with Crippen LogP contribution < -0.4 is 21.3 Å². The molecular weight excluding hydrogens is 1530 g/mol. The van der Waals surface area contributed by atoms with Crippen LogP contribution in [0.5, 0.6) is 0 Å². The molecular formula is C79H78N28O12. The number of aromatic nitrogens is 24. The average Bonchev–Trinajstić information content (AvgIpc) is 1.66. The lowest BCUT2D eigenvalue weighted by Crippen LogP contribution is -2.33. The number of H-pyrrole nitrogens is 4. The minimum atomic E-state index is -0.424. The van der Waals surface area contributed by atoms with E-state index in [-0.39, 0.29) is 40.8 Å². The lowest BCUT2D eigenvalue weighted by atomic mass is 9.89. The Kier molecular flexibility index (Phi) is 25.5. The van der Waals surface area contributed by atoms with Gasteiger partial charge < -0.3 is 57.9 Å². The first-order chi connectivity index (χ1) is 58.5. The van der Waals surface area contributed by atoms with Gasteiger partial charge in [-0.25, -0.2) is 19.9 Å². The van der Waals surface area contributed by atoms with Gasteiger partial charge in [0.1, 0.15) is 47.8 Å². The smallest absolute Gasteiger partial charge is 0.277 e. The summed E-state index contributed by atoms with van der Waals surface area (Å²) in [5.74, 6) is -0.351. The van der Waals surface area contributed by atoms with Crippen LogP contribution in [0, 0.1) is 0 Å². The number of anilines is 4. The quantitative estimate of drug-likeness (QED) is 0.0194.